The van der Waals surface area contributed by atoms with Gasteiger partial charge in [0.2, 0.25) is 10.0 Å². The molecular formula is C15H15NO4S. The molecule has 0 bridgehead atoms. The quantitative estimate of drug-likeness (QED) is 0.887. The number of sulfonamides is 1. The van der Waals surface area contributed by atoms with Crippen LogP contribution in [0.5, 0.6) is 0 Å². The van der Waals surface area contributed by atoms with E-state index in [1.54, 1.807) is 24.3 Å². The van der Waals surface area contributed by atoms with Crippen LogP contribution in [0.25, 0.3) is 0 Å². The van der Waals surface area contributed by atoms with Gasteiger partial charge in [0.05, 0.1) is 10.5 Å². The van der Waals surface area contributed by atoms with Crippen molar-refractivity contribution in [3.63, 3.8) is 0 Å². The number of aromatic carboxylic acids is 1. The van der Waals surface area contributed by atoms with E-state index in [0.717, 1.165) is 5.56 Å². The maximum absolute atomic E-state index is 12.1. The van der Waals surface area contributed by atoms with E-state index in [1.807, 2.05) is 13.0 Å². The van der Waals surface area contributed by atoms with Crippen molar-refractivity contribution in [2.45, 2.75) is 18.4 Å². The van der Waals surface area contributed by atoms with Crippen molar-refractivity contribution in [2.75, 3.05) is 0 Å². The van der Waals surface area contributed by atoms with Gasteiger partial charge in [-0.2, -0.15) is 0 Å². The number of nitrogens with one attached hydrogen (secondary N) is 1. The average molecular weight is 305 g/mol. The predicted molar refractivity (Wildman–Crippen MR) is 78.6 cm³/mol. The molecule has 110 valence electrons. The first-order valence-corrected chi connectivity index (χ1v) is 7.75. The van der Waals surface area contributed by atoms with Gasteiger partial charge < -0.3 is 5.11 Å². The van der Waals surface area contributed by atoms with Crippen molar-refractivity contribution in [1.29, 1.82) is 0 Å². The fourth-order valence-corrected chi connectivity index (χ4v) is 2.93. The second-order valence-corrected chi connectivity index (χ2v) is 6.41. The first-order valence-electron chi connectivity index (χ1n) is 6.27. The zero-order valence-corrected chi connectivity index (χ0v) is 12.2. The lowest BCUT2D eigenvalue weighted by molar-refractivity contribution is 0.0697. The first kappa shape index (κ1) is 15.2. The molecule has 21 heavy (non-hydrogen) atoms. The minimum atomic E-state index is -3.57. The van der Waals surface area contributed by atoms with Gasteiger partial charge in [-0.15, -0.1) is 0 Å². The molecule has 0 radical (unpaired) electrons. The molecule has 0 aromatic heterocycles. The second-order valence-electron chi connectivity index (χ2n) is 4.64. The molecule has 0 spiro atoms. The van der Waals surface area contributed by atoms with Gasteiger partial charge in [-0.25, -0.2) is 17.9 Å². The number of hydrogen-bond donors (Lipinski definition) is 2. The number of benzene rings is 2. The van der Waals surface area contributed by atoms with E-state index in [-0.39, 0.29) is 17.0 Å². The second kappa shape index (κ2) is 6.07. The monoisotopic (exact) mass is 305 g/mol. The third-order valence-electron chi connectivity index (χ3n) is 2.97. The number of aryl methyl sites for hydroxylation is 1. The van der Waals surface area contributed by atoms with Gasteiger partial charge in [0, 0.05) is 6.54 Å². The summed E-state index contributed by atoms with van der Waals surface area (Å²) in [5, 5.41) is 8.80. The van der Waals surface area contributed by atoms with E-state index in [1.165, 1.54) is 18.2 Å². The zero-order valence-electron chi connectivity index (χ0n) is 11.4. The Morgan fingerprint density at radius 2 is 1.81 bits per heavy atom. The molecule has 0 fully saturated rings. The Morgan fingerprint density at radius 1 is 1.14 bits per heavy atom. The zero-order chi connectivity index (χ0) is 15.5. The lowest BCUT2D eigenvalue weighted by atomic mass is 10.1. The summed E-state index contributed by atoms with van der Waals surface area (Å²) in [4.78, 5) is 10.9. The highest BCUT2D eigenvalue weighted by Gasteiger charge is 2.13. The molecule has 0 saturated heterocycles. The van der Waals surface area contributed by atoms with Gasteiger partial charge in [-0.05, 0) is 42.3 Å². The molecule has 0 aliphatic carbocycles. The summed E-state index contributed by atoms with van der Waals surface area (Å²) in [7, 11) is -3.57. The Labute approximate surface area is 123 Å². The number of rotatable bonds is 5. The van der Waals surface area contributed by atoms with Crippen LogP contribution >= 0.6 is 0 Å². The SMILES string of the molecule is Cc1cccc(S(=O)(=O)NCc2ccc(C(=O)O)cc2)c1. The fraction of sp³-hybridized carbons (Fsp3) is 0.133. The van der Waals surface area contributed by atoms with Crippen LogP contribution in [0.15, 0.2) is 53.4 Å². The van der Waals surface area contributed by atoms with Crippen molar-refractivity contribution in [2.24, 2.45) is 0 Å². The Kier molecular flexibility index (Phi) is 4.40. The Bertz CT molecular complexity index is 751. The molecule has 0 atom stereocenters. The lowest BCUT2D eigenvalue weighted by Gasteiger charge is -2.07. The highest BCUT2D eigenvalue weighted by Crippen LogP contribution is 2.12. The van der Waals surface area contributed by atoms with Crippen molar-refractivity contribution in [1.82, 2.24) is 4.72 Å². The largest absolute Gasteiger partial charge is 0.478 e. The summed E-state index contributed by atoms with van der Waals surface area (Å²) in [6.07, 6.45) is 0. The molecule has 5 nitrogen and oxygen atoms in total. The molecule has 0 aliphatic heterocycles. The van der Waals surface area contributed by atoms with Gasteiger partial charge in [0.25, 0.3) is 0 Å². The molecule has 2 N–H and O–H groups in total. The van der Waals surface area contributed by atoms with E-state index < -0.39 is 16.0 Å². The number of carboxylic acids is 1. The van der Waals surface area contributed by atoms with Gasteiger partial charge in [0.15, 0.2) is 0 Å². The minimum Gasteiger partial charge on any atom is -0.478 e. The molecule has 2 rings (SSSR count). The summed E-state index contributed by atoms with van der Waals surface area (Å²) in [6, 6.07) is 12.7. The predicted octanol–water partition coefficient (Wildman–Crippen LogP) is 2.17. The summed E-state index contributed by atoms with van der Waals surface area (Å²) < 4.78 is 26.7. The highest BCUT2D eigenvalue weighted by atomic mass is 32.2. The summed E-state index contributed by atoms with van der Waals surface area (Å²) in [6.45, 7) is 1.93. The summed E-state index contributed by atoms with van der Waals surface area (Å²) in [5.74, 6) is -1.01. The molecule has 0 heterocycles. The summed E-state index contributed by atoms with van der Waals surface area (Å²) >= 11 is 0. The van der Waals surface area contributed by atoms with Gasteiger partial charge in [-0.3, -0.25) is 0 Å². The van der Waals surface area contributed by atoms with Crippen LogP contribution in [0.2, 0.25) is 0 Å². The van der Waals surface area contributed by atoms with Crippen LogP contribution in [0.3, 0.4) is 0 Å². The molecule has 0 saturated carbocycles. The topological polar surface area (TPSA) is 83.5 Å². The van der Waals surface area contributed by atoms with Crippen LogP contribution < -0.4 is 4.72 Å². The van der Waals surface area contributed by atoms with Gasteiger partial charge in [-0.1, -0.05) is 24.3 Å². The molecule has 6 heteroatoms. The standard InChI is InChI=1S/C15H15NO4S/c1-11-3-2-4-14(9-11)21(19,20)16-10-12-5-7-13(8-6-12)15(17)18/h2-9,16H,10H2,1H3,(H,17,18). The summed E-state index contributed by atoms with van der Waals surface area (Å²) in [5.41, 5.74) is 1.72. The highest BCUT2D eigenvalue weighted by molar-refractivity contribution is 7.89. The Hall–Kier alpha value is -2.18. The van der Waals surface area contributed by atoms with E-state index in [2.05, 4.69) is 4.72 Å². The first-order chi connectivity index (χ1) is 9.88. The third-order valence-corrected chi connectivity index (χ3v) is 4.37. The van der Waals surface area contributed by atoms with Crippen molar-refractivity contribution in [3.05, 3.63) is 65.2 Å². The van der Waals surface area contributed by atoms with E-state index in [9.17, 15) is 13.2 Å². The smallest absolute Gasteiger partial charge is 0.335 e. The molecule has 0 unspecified atom stereocenters. The van der Waals surface area contributed by atoms with Crippen LogP contribution in [0, 0.1) is 6.92 Å². The Balaban J connectivity index is 2.10. The normalized spacial score (nSPS) is 11.3. The van der Waals surface area contributed by atoms with Crippen molar-refractivity contribution >= 4 is 16.0 Å². The van der Waals surface area contributed by atoms with Crippen LogP contribution in [-0.4, -0.2) is 19.5 Å². The van der Waals surface area contributed by atoms with E-state index in [0.29, 0.717) is 5.56 Å². The van der Waals surface area contributed by atoms with E-state index >= 15 is 0 Å². The van der Waals surface area contributed by atoms with E-state index in [4.69, 9.17) is 5.11 Å². The van der Waals surface area contributed by atoms with Crippen molar-refractivity contribution in [3.8, 4) is 0 Å². The third kappa shape index (κ3) is 3.90. The molecule has 2 aromatic rings. The molecule has 0 aliphatic rings. The maximum atomic E-state index is 12.1. The number of carboxylic acid groups (broad SMARTS) is 1. The number of carbonyl (C=O) groups is 1. The van der Waals surface area contributed by atoms with Gasteiger partial charge >= 0.3 is 5.97 Å². The Morgan fingerprint density at radius 3 is 2.38 bits per heavy atom. The van der Waals surface area contributed by atoms with Crippen molar-refractivity contribution < 1.29 is 18.3 Å². The van der Waals surface area contributed by atoms with Crippen LogP contribution in [0.1, 0.15) is 21.5 Å². The average Bonchev–Trinajstić information content (AvgIpc) is 2.45. The molecule has 0 amide bonds. The fourth-order valence-electron chi connectivity index (χ4n) is 1.81. The van der Waals surface area contributed by atoms with Gasteiger partial charge in [0.1, 0.15) is 0 Å². The lowest BCUT2D eigenvalue weighted by Crippen LogP contribution is -2.23. The molecular weight excluding hydrogens is 290 g/mol. The maximum Gasteiger partial charge on any atom is 0.335 e. The van der Waals surface area contributed by atoms with Crippen LogP contribution in [-0.2, 0) is 16.6 Å². The minimum absolute atomic E-state index is 0.107. The van der Waals surface area contributed by atoms with Crippen LogP contribution in [0.4, 0.5) is 0 Å². The molecule has 2 aromatic carbocycles. The number of hydrogen-bond acceptors (Lipinski definition) is 3.